The van der Waals surface area contributed by atoms with E-state index in [1.54, 1.807) is 0 Å². The van der Waals surface area contributed by atoms with Gasteiger partial charge in [-0.2, -0.15) is 0 Å². The zero-order valence-corrected chi connectivity index (χ0v) is 10.8. The van der Waals surface area contributed by atoms with E-state index in [9.17, 15) is 9.90 Å². The lowest BCUT2D eigenvalue weighted by molar-refractivity contribution is -0.193. The van der Waals surface area contributed by atoms with Crippen LogP contribution in [0.25, 0.3) is 0 Å². The van der Waals surface area contributed by atoms with E-state index in [4.69, 9.17) is 4.74 Å². The minimum atomic E-state index is -0.774. The average molecular weight is 240 g/mol. The number of hydrogen-bond acceptors (Lipinski definition) is 3. The van der Waals surface area contributed by atoms with E-state index < -0.39 is 11.0 Å². The Kier molecular flexibility index (Phi) is 3.76. The maximum absolute atomic E-state index is 12.3. The molecule has 2 aliphatic rings. The summed E-state index contributed by atoms with van der Waals surface area (Å²) in [5.74, 6) is -0.149. The van der Waals surface area contributed by atoms with E-state index in [0.717, 1.165) is 44.9 Å². The lowest BCUT2D eigenvalue weighted by Gasteiger charge is -2.50. The van der Waals surface area contributed by atoms with Gasteiger partial charge in [0.15, 0.2) is 0 Å². The average Bonchev–Trinajstić information content (AvgIpc) is 2.52. The molecule has 0 saturated heterocycles. The third-order valence-electron chi connectivity index (χ3n) is 4.69. The van der Waals surface area contributed by atoms with Crippen LogP contribution in [0.1, 0.15) is 64.7 Å². The van der Waals surface area contributed by atoms with Gasteiger partial charge in [0.1, 0.15) is 0 Å². The predicted molar refractivity (Wildman–Crippen MR) is 65.6 cm³/mol. The molecule has 2 aliphatic carbocycles. The summed E-state index contributed by atoms with van der Waals surface area (Å²) in [6.07, 6.45) is 8.64. The van der Waals surface area contributed by atoms with E-state index in [1.165, 1.54) is 12.8 Å². The molecular weight excluding hydrogens is 216 g/mol. The van der Waals surface area contributed by atoms with Gasteiger partial charge in [0, 0.05) is 0 Å². The van der Waals surface area contributed by atoms with Crippen molar-refractivity contribution in [3.05, 3.63) is 0 Å². The summed E-state index contributed by atoms with van der Waals surface area (Å²) >= 11 is 0. The Morgan fingerprint density at radius 2 is 1.65 bits per heavy atom. The fraction of sp³-hybridized carbons (Fsp3) is 0.929. The van der Waals surface area contributed by atoms with E-state index >= 15 is 0 Å². The molecule has 2 fully saturated rings. The molecule has 0 atom stereocenters. The highest BCUT2D eigenvalue weighted by atomic mass is 16.5. The lowest BCUT2D eigenvalue weighted by atomic mass is 9.58. The molecular formula is C14H24O3. The minimum absolute atomic E-state index is 0.149. The fourth-order valence-corrected chi connectivity index (χ4v) is 3.45. The van der Waals surface area contributed by atoms with Gasteiger partial charge in [-0.3, -0.25) is 4.79 Å². The molecule has 3 nitrogen and oxygen atoms in total. The van der Waals surface area contributed by atoms with Crippen LogP contribution in [0.3, 0.4) is 0 Å². The molecule has 1 N–H and O–H groups in total. The van der Waals surface area contributed by atoms with Gasteiger partial charge >= 0.3 is 5.97 Å². The Labute approximate surface area is 104 Å². The van der Waals surface area contributed by atoms with Gasteiger partial charge in [-0.05, 0) is 39.0 Å². The zero-order chi connectivity index (χ0) is 12.4. The van der Waals surface area contributed by atoms with Gasteiger partial charge in [-0.1, -0.05) is 25.7 Å². The Morgan fingerprint density at radius 3 is 2.06 bits per heavy atom. The second kappa shape index (κ2) is 4.97. The zero-order valence-electron chi connectivity index (χ0n) is 10.8. The van der Waals surface area contributed by atoms with Gasteiger partial charge in [0.05, 0.1) is 17.6 Å². The van der Waals surface area contributed by atoms with Crippen LogP contribution < -0.4 is 0 Å². The molecule has 0 aliphatic heterocycles. The molecule has 0 spiro atoms. The van der Waals surface area contributed by atoms with Crippen molar-refractivity contribution in [3.8, 4) is 0 Å². The summed E-state index contributed by atoms with van der Waals surface area (Å²) in [6.45, 7) is 2.25. The number of aliphatic hydroxyl groups is 1. The molecule has 0 unspecified atom stereocenters. The Bertz CT molecular complexity index is 273. The molecule has 2 rings (SSSR count). The van der Waals surface area contributed by atoms with E-state index in [-0.39, 0.29) is 5.97 Å². The van der Waals surface area contributed by atoms with Gasteiger partial charge in [-0.15, -0.1) is 0 Å². The van der Waals surface area contributed by atoms with Crippen LogP contribution in [0, 0.1) is 5.41 Å². The first kappa shape index (κ1) is 12.9. The van der Waals surface area contributed by atoms with Crippen molar-refractivity contribution < 1.29 is 14.6 Å². The van der Waals surface area contributed by atoms with Gasteiger partial charge in [0.25, 0.3) is 0 Å². The quantitative estimate of drug-likeness (QED) is 0.609. The lowest BCUT2D eigenvalue weighted by Crippen LogP contribution is -2.57. The number of rotatable bonds is 3. The molecule has 98 valence electrons. The van der Waals surface area contributed by atoms with Crippen molar-refractivity contribution in [1.29, 1.82) is 0 Å². The van der Waals surface area contributed by atoms with Crippen LogP contribution >= 0.6 is 0 Å². The third kappa shape index (κ3) is 2.10. The van der Waals surface area contributed by atoms with Crippen LogP contribution in [0.5, 0.6) is 0 Å². The number of esters is 1. The van der Waals surface area contributed by atoms with Crippen molar-refractivity contribution in [2.45, 2.75) is 70.3 Å². The Balaban J connectivity index is 2.23. The highest BCUT2D eigenvalue weighted by Crippen LogP contribution is 2.53. The van der Waals surface area contributed by atoms with E-state index in [2.05, 4.69) is 0 Å². The van der Waals surface area contributed by atoms with Crippen LogP contribution in [0.4, 0.5) is 0 Å². The second-order valence-electron chi connectivity index (χ2n) is 5.60. The van der Waals surface area contributed by atoms with Crippen LogP contribution in [-0.2, 0) is 9.53 Å². The molecule has 2 saturated carbocycles. The highest BCUT2D eigenvalue weighted by Gasteiger charge is 2.58. The topological polar surface area (TPSA) is 46.5 Å². The molecule has 0 aromatic rings. The predicted octanol–water partition coefficient (Wildman–Crippen LogP) is 2.81. The smallest absolute Gasteiger partial charge is 0.314 e. The first-order valence-electron chi connectivity index (χ1n) is 7.04. The third-order valence-corrected chi connectivity index (χ3v) is 4.69. The molecule has 0 bridgehead atoms. The summed E-state index contributed by atoms with van der Waals surface area (Å²) in [4.78, 5) is 12.3. The molecule has 0 radical (unpaired) electrons. The maximum Gasteiger partial charge on any atom is 0.314 e. The van der Waals surface area contributed by atoms with Crippen molar-refractivity contribution in [2.24, 2.45) is 5.41 Å². The first-order valence-corrected chi connectivity index (χ1v) is 7.04. The SMILES string of the molecule is CCOC(=O)C1(C2(O)CCC2)CCCCCC1. The molecule has 0 aromatic heterocycles. The summed E-state index contributed by atoms with van der Waals surface area (Å²) in [5, 5.41) is 10.7. The summed E-state index contributed by atoms with van der Waals surface area (Å²) in [6, 6.07) is 0. The van der Waals surface area contributed by atoms with Gasteiger partial charge < -0.3 is 9.84 Å². The van der Waals surface area contributed by atoms with Gasteiger partial charge in [0.2, 0.25) is 0 Å². The molecule has 3 heteroatoms. The van der Waals surface area contributed by atoms with E-state index in [1.807, 2.05) is 6.92 Å². The fourth-order valence-electron chi connectivity index (χ4n) is 3.45. The normalized spacial score (nSPS) is 26.7. The summed E-state index contributed by atoms with van der Waals surface area (Å²) in [5.41, 5.74) is -1.37. The van der Waals surface area contributed by atoms with Crippen molar-refractivity contribution >= 4 is 5.97 Å². The second-order valence-corrected chi connectivity index (χ2v) is 5.60. The molecule has 0 aromatic carbocycles. The number of carbonyl (C=O) groups is 1. The number of carbonyl (C=O) groups excluding carboxylic acids is 1. The van der Waals surface area contributed by atoms with Crippen LogP contribution in [0.2, 0.25) is 0 Å². The molecule has 17 heavy (non-hydrogen) atoms. The van der Waals surface area contributed by atoms with Crippen LogP contribution in [-0.4, -0.2) is 23.3 Å². The van der Waals surface area contributed by atoms with Crippen molar-refractivity contribution in [3.63, 3.8) is 0 Å². The number of hydrogen-bond donors (Lipinski definition) is 1. The Morgan fingerprint density at radius 1 is 1.06 bits per heavy atom. The van der Waals surface area contributed by atoms with Crippen molar-refractivity contribution in [2.75, 3.05) is 6.61 Å². The highest BCUT2D eigenvalue weighted by molar-refractivity contribution is 5.78. The maximum atomic E-state index is 12.3. The summed E-state index contributed by atoms with van der Waals surface area (Å²) in [7, 11) is 0. The largest absolute Gasteiger partial charge is 0.465 e. The summed E-state index contributed by atoms with van der Waals surface area (Å²) < 4.78 is 5.26. The number of ether oxygens (including phenoxy) is 1. The Hall–Kier alpha value is -0.570. The molecule has 0 heterocycles. The van der Waals surface area contributed by atoms with Crippen LogP contribution in [0.15, 0.2) is 0 Å². The van der Waals surface area contributed by atoms with Crippen molar-refractivity contribution in [1.82, 2.24) is 0 Å². The molecule has 0 amide bonds. The first-order chi connectivity index (χ1) is 8.15. The van der Waals surface area contributed by atoms with Gasteiger partial charge in [-0.25, -0.2) is 0 Å². The minimum Gasteiger partial charge on any atom is -0.465 e. The van der Waals surface area contributed by atoms with E-state index in [0.29, 0.717) is 6.61 Å². The monoisotopic (exact) mass is 240 g/mol. The standard InChI is InChI=1S/C14H24O3/c1-2-17-12(15)13(14(16)10-7-11-14)8-5-3-4-6-9-13/h16H,2-11H2,1H3.